The van der Waals surface area contributed by atoms with Crippen molar-refractivity contribution in [1.82, 2.24) is 5.32 Å². The number of rotatable bonds is 9. The largest absolute Gasteiger partial charge is 0.486 e. The molecule has 0 aromatic heterocycles. The van der Waals surface area contributed by atoms with Gasteiger partial charge in [-0.25, -0.2) is 4.39 Å². The summed E-state index contributed by atoms with van der Waals surface area (Å²) in [5.74, 6) is -1.48. The first-order valence-electron chi connectivity index (χ1n) is 9.39. The van der Waals surface area contributed by atoms with Crippen molar-refractivity contribution in [3.63, 3.8) is 0 Å². The summed E-state index contributed by atoms with van der Waals surface area (Å²) in [4.78, 5) is 22.6. The number of aryl methyl sites for hydroxylation is 1. The van der Waals surface area contributed by atoms with Gasteiger partial charge in [0.25, 0.3) is 5.91 Å². The van der Waals surface area contributed by atoms with E-state index in [0.717, 1.165) is 24.9 Å². The molecular weight excluding hydrogens is 434 g/mol. The van der Waals surface area contributed by atoms with Crippen molar-refractivity contribution in [3.05, 3.63) is 56.8 Å². The minimum Gasteiger partial charge on any atom is -0.486 e. The monoisotopic (exact) mass is 454 g/mol. The fraction of sp³-hybridized carbons (Fsp3) is 0.333. The molecule has 2 aromatic rings. The zero-order chi connectivity index (χ0) is 21.8. The number of ether oxygens (including phenoxy) is 1. The second-order valence-corrected chi connectivity index (χ2v) is 8.06. The Morgan fingerprint density at radius 2 is 1.87 bits per heavy atom. The third kappa shape index (κ3) is 5.77. The van der Waals surface area contributed by atoms with Gasteiger partial charge >= 0.3 is 5.97 Å². The molecule has 0 atom stereocenters. The number of benzene rings is 2. The van der Waals surface area contributed by atoms with Crippen LogP contribution in [-0.2, 0) is 11.4 Å². The number of aliphatic carboxylic acids is 1. The number of anilines is 1. The molecule has 0 spiro atoms. The molecule has 0 bridgehead atoms. The highest BCUT2D eigenvalue weighted by Gasteiger charge is 2.22. The number of hydrogen-bond donors (Lipinski definition) is 3. The SMILES string of the molecule is Cc1cc(COc2c(Cl)cc(C(=O)NCC(=O)O)cc2Cl)c(F)c(NCC2CC2)c1. The predicted octanol–water partition coefficient (Wildman–Crippen LogP) is 4.66. The molecule has 3 N–H and O–H groups in total. The van der Waals surface area contributed by atoms with Crippen LogP contribution in [0.5, 0.6) is 5.75 Å². The summed E-state index contributed by atoms with van der Waals surface area (Å²) in [7, 11) is 0. The first-order valence-corrected chi connectivity index (χ1v) is 10.1. The molecule has 9 heteroatoms. The zero-order valence-electron chi connectivity index (χ0n) is 16.2. The summed E-state index contributed by atoms with van der Waals surface area (Å²) < 4.78 is 20.5. The standard InChI is InChI=1S/C21H21Cl2FN2O4/c1-11-4-14(19(24)17(5-11)25-8-12-2-3-12)10-30-20-15(22)6-13(7-16(20)23)21(29)26-9-18(27)28/h4-7,12,25H,2-3,8-10H2,1H3,(H,26,29)(H,27,28). The topological polar surface area (TPSA) is 87.7 Å². The smallest absolute Gasteiger partial charge is 0.322 e. The minimum atomic E-state index is -1.17. The fourth-order valence-corrected chi connectivity index (χ4v) is 3.49. The number of amides is 1. The number of carboxylic acid groups (broad SMARTS) is 1. The average Bonchev–Trinajstić information content (AvgIpc) is 3.50. The molecule has 30 heavy (non-hydrogen) atoms. The lowest BCUT2D eigenvalue weighted by Gasteiger charge is -2.15. The van der Waals surface area contributed by atoms with Gasteiger partial charge in [0.2, 0.25) is 0 Å². The molecule has 6 nitrogen and oxygen atoms in total. The van der Waals surface area contributed by atoms with E-state index in [0.29, 0.717) is 17.2 Å². The Morgan fingerprint density at radius 3 is 2.47 bits per heavy atom. The van der Waals surface area contributed by atoms with Gasteiger partial charge in [-0.2, -0.15) is 0 Å². The molecule has 1 amide bonds. The number of carboxylic acids is 1. The molecule has 1 saturated carbocycles. The lowest BCUT2D eigenvalue weighted by molar-refractivity contribution is -0.135. The second-order valence-electron chi connectivity index (χ2n) is 7.24. The van der Waals surface area contributed by atoms with Gasteiger partial charge < -0.3 is 20.5 Å². The third-order valence-electron chi connectivity index (χ3n) is 4.60. The Morgan fingerprint density at radius 1 is 1.20 bits per heavy atom. The van der Waals surface area contributed by atoms with Gasteiger partial charge in [-0.1, -0.05) is 23.2 Å². The van der Waals surface area contributed by atoms with E-state index >= 15 is 0 Å². The summed E-state index contributed by atoms with van der Waals surface area (Å²) in [6.07, 6.45) is 2.33. The van der Waals surface area contributed by atoms with Crippen molar-refractivity contribution in [2.75, 3.05) is 18.4 Å². The molecule has 0 saturated heterocycles. The molecular formula is C21H21Cl2FN2O4. The summed E-state index contributed by atoms with van der Waals surface area (Å²) in [5, 5.41) is 14.1. The van der Waals surface area contributed by atoms with Gasteiger partial charge in [0.05, 0.1) is 15.7 Å². The Kier molecular flexibility index (Phi) is 7.05. The van der Waals surface area contributed by atoms with Crippen molar-refractivity contribution in [2.45, 2.75) is 26.4 Å². The fourth-order valence-electron chi connectivity index (χ4n) is 2.89. The molecule has 1 fully saturated rings. The van der Waals surface area contributed by atoms with Gasteiger partial charge in [0.1, 0.15) is 13.2 Å². The summed E-state index contributed by atoms with van der Waals surface area (Å²) in [6.45, 7) is 1.98. The van der Waals surface area contributed by atoms with Crippen molar-refractivity contribution in [1.29, 1.82) is 0 Å². The molecule has 0 unspecified atom stereocenters. The van der Waals surface area contributed by atoms with Gasteiger partial charge in [-0.05, 0) is 55.5 Å². The lowest BCUT2D eigenvalue weighted by atomic mass is 10.1. The molecule has 2 aromatic carbocycles. The van der Waals surface area contributed by atoms with Crippen molar-refractivity contribution >= 4 is 40.8 Å². The van der Waals surface area contributed by atoms with E-state index < -0.39 is 24.2 Å². The number of hydrogen-bond acceptors (Lipinski definition) is 4. The molecule has 1 aliphatic carbocycles. The van der Waals surface area contributed by atoms with Crippen molar-refractivity contribution in [3.8, 4) is 5.75 Å². The highest BCUT2D eigenvalue weighted by atomic mass is 35.5. The molecule has 160 valence electrons. The van der Waals surface area contributed by atoms with Crippen LogP contribution in [0, 0.1) is 18.7 Å². The molecule has 0 radical (unpaired) electrons. The minimum absolute atomic E-state index is 0.0584. The predicted molar refractivity (Wildman–Crippen MR) is 113 cm³/mol. The maximum Gasteiger partial charge on any atom is 0.322 e. The summed E-state index contributed by atoms with van der Waals surface area (Å²) in [6, 6.07) is 6.07. The first kappa shape index (κ1) is 22.2. The summed E-state index contributed by atoms with van der Waals surface area (Å²) >= 11 is 12.4. The third-order valence-corrected chi connectivity index (χ3v) is 5.16. The maximum absolute atomic E-state index is 14.8. The lowest BCUT2D eigenvalue weighted by Crippen LogP contribution is -2.29. The van der Waals surface area contributed by atoms with Gasteiger partial charge in [0.15, 0.2) is 11.6 Å². The molecule has 1 aliphatic rings. The van der Waals surface area contributed by atoms with Gasteiger partial charge in [0, 0.05) is 17.7 Å². The highest BCUT2D eigenvalue weighted by molar-refractivity contribution is 6.37. The van der Waals surface area contributed by atoms with E-state index in [1.807, 2.05) is 6.92 Å². The van der Waals surface area contributed by atoms with Gasteiger partial charge in [-0.3, -0.25) is 9.59 Å². The number of halogens is 3. The highest BCUT2D eigenvalue weighted by Crippen LogP contribution is 2.35. The van der Waals surface area contributed by atoms with Crippen LogP contribution in [0.15, 0.2) is 24.3 Å². The first-order chi connectivity index (χ1) is 14.2. The van der Waals surface area contributed by atoms with Crippen molar-refractivity contribution < 1.29 is 23.8 Å². The summed E-state index contributed by atoms with van der Waals surface area (Å²) in [5.41, 5.74) is 1.76. The van der Waals surface area contributed by atoms with E-state index in [1.165, 1.54) is 12.1 Å². The Balaban J connectivity index is 1.72. The van der Waals surface area contributed by atoms with Crippen molar-refractivity contribution in [2.24, 2.45) is 5.92 Å². The van der Waals surface area contributed by atoms with E-state index in [-0.39, 0.29) is 28.0 Å². The van der Waals surface area contributed by atoms with Crippen LogP contribution in [0.25, 0.3) is 0 Å². The Hall–Kier alpha value is -2.51. The van der Waals surface area contributed by atoms with Crippen LogP contribution < -0.4 is 15.4 Å². The van der Waals surface area contributed by atoms with Crippen LogP contribution in [0.2, 0.25) is 10.0 Å². The van der Waals surface area contributed by atoms with Crippen LogP contribution in [0.4, 0.5) is 10.1 Å². The van der Waals surface area contributed by atoms with Crippen LogP contribution in [0.1, 0.15) is 34.3 Å². The number of nitrogens with one attached hydrogen (secondary N) is 2. The van der Waals surface area contributed by atoms with Crippen LogP contribution >= 0.6 is 23.2 Å². The zero-order valence-corrected chi connectivity index (χ0v) is 17.7. The normalized spacial score (nSPS) is 13.1. The van der Waals surface area contributed by atoms with E-state index in [9.17, 15) is 14.0 Å². The quantitative estimate of drug-likeness (QED) is 0.512. The number of carbonyl (C=O) groups excluding carboxylic acids is 1. The van der Waals surface area contributed by atoms with Crippen LogP contribution in [-0.4, -0.2) is 30.1 Å². The Labute approximate surface area is 183 Å². The second kappa shape index (κ2) is 9.53. The van der Waals surface area contributed by atoms with E-state index in [2.05, 4.69) is 10.6 Å². The number of carbonyl (C=O) groups is 2. The molecule has 0 aliphatic heterocycles. The van der Waals surface area contributed by atoms with E-state index in [4.69, 9.17) is 33.0 Å². The molecule has 0 heterocycles. The van der Waals surface area contributed by atoms with Crippen LogP contribution in [0.3, 0.4) is 0 Å². The molecule has 3 rings (SSSR count). The Bertz CT molecular complexity index is 957. The average molecular weight is 455 g/mol. The van der Waals surface area contributed by atoms with Gasteiger partial charge in [-0.15, -0.1) is 0 Å². The maximum atomic E-state index is 14.8. The van der Waals surface area contributed by atoms with E-state index in [1.54, 1.807) is 12.1 Å².